The van der Waals surface area contributed by atoms with Crippen LogP contribution in [0.25, 0.3) is 0 Å². The molecule has 1 aromatic carbocycles. The predicted molar refractivity (Wildman–Crippen MR) is 85.0 cm³/mol. The van der Waals surface area contributed by atoms with Gasteiger partial charge in [0.25, 0.3) is 0 Å². The summed E-state index contributed by atoms with van der Waals surface area (Å²) in [4.78, 5) is 15.3. The zero-order valence-corrected chi connectivity index (χ0v) is 13.4. The Morgan fingerprint density at radius 1 is 1.27 bits per heavy atom. The highest BCUT2D eigenvalue weighted by Crippen LogP contribution is 2.35. The Morgan fingerprint density at radius 2 is 2.05 bits per heavy atom. The molecular weight excluding hydrogens is 302 g/mol. The number of rotatable bonds is 6. The molecule has 2 aromatic rings. The van der Waals surface area contributed by atoms with E-state index in [0.29, 0.717) is 10.8 Å². The molecule has 1 aromatic heterocycles. The summed E-state index contributed by atoms with van der Waals surface area (Å²) < 4.78 is 10.7. The fourth-order valence-corrected chi connectivity index (χ4v) is 3.13. The van der Waals surface area contributed by atoms with E-state index in [0.717, 1.165) is 22.6 Å². The minimum absolute atomic E-state index is 0.205. The smallest absolute Gasteiger partial charge is 0.338 e. The lowest BCUT2D eigenvalue weighted by atomic mass is 10.1. The van der Waals surface area contributed by atoms with E-state index in [1.165, 1.54) is 11.8 Å². The number of thioether (sulfide) groups is 1. The van der Waals surface area contributed by atoms with Gasteiger partial charge in [-0.1, -0.05) is 6.07 Å². The first-order valence-electron chi connectivity index (χ1n) is 6.60. The Kier molecular flexibility index (Phi) is 5.27. The fraction of sp³-hybridized carbons (Fsp3) is 0.250. The number of carbonyl (C=O) groups is 1. The molecule has 0 unspecified atom stereocenters. The first kappa shape index (κ1) is 16.2. The summed E-state index contributed by atoms with van der Waals surface area (Å²) in [5, 5.41) is 9.67. The second-order valence-electron chi connectivity index (χ2n) is 4.54. The first-order valence-corrected chi connectivity index (χ1v) is 7.58. The molecule has 116 valence electrons. The molecular formula is C16H17NO4S. The minimum Gasteiger partial charge on any atom is -0.496 e. The number of benzene rings is 1. The van der Waals surface area contributed by atoms with Crippen LogP contribution in [0.2, 0.25) is 0 Å². The number of hydrogen-bond acceptors (Lipinski definition) is 5. The van der Waals surface area contributed by atoms with Gasteiger partial charge in [-0.05, 0) is 25.1 Å². The predicted octanol–water partition coefficient (Wildman–Crippen LogP) is 3.40. The minimum atomic E-state index is -0.978. The van der Waals surface area contributed by atoms with Crippen LogP contribution in [0, 0.1) is 6.92 Å². The van der Waals surface area contributed by atoms with Crippen LogP contribution >= 0.6 is 11.8 Å². The Hall–Kier alpha value is -2.21. The summed E-state index contributed by atoms with van der Waals surface area (Å²) in [6.45, 7) is 1.93. The van der Waals surface area contributed by atoms with Gasteiger partial charge in [0, 0.05) is 23.1 Å². The van der Waals surface area contributed by atoms with Gasteiger partial charge < -0.3 is 14.6 Å². The van der Waals surface area contributed by atoms with Crippen molar-refractivity contribution in [3.63, 3.8) is 0 Å². The zero-order valence-electron chi connectivity index (χ0n) is 12.6. The highest BCUT2D eigenvalue weighted by atomic mass is 32.2. The van der Waals surface area contributed by atoms with E-state index in [1.807, 2.05) is 19.1 Å². The topological polar surface area (TPSA) is 68.7 Å². The molecule has 0 spiro atoms. The van der Waals surface area contributed by atoms with Gasteiger partial charge in [0.1, 0.15) is 16.5 Å². The van der Waals surface area contributed by atoms with Crippen molar-refractivity contribution >= 4 is 17.7 Å². The van der Waals surface area contributed by atoms with Crippen LogP contribution in [0.1, 0.15) is 21.5 Å². The van der Waals surface area contributed by atoms with Gasteiger partial charge in [-0.25, -0.2) is 9.78 Å². The number of hydrogen-bond donors (Lipinski definition) is 1. The molecule has 1 heterocycles. The maximum atomic E-state index is 11.2. The summed E-state index contributed by atoms with van der Waals surface area (Å²) in [7, 11) is 3.22. The molecule has 6 heteroatoms. The Bertz CT molecular complexity index is 688. The number of ether oxygens (including phenoxy) is 2. The molecule has 0 aliphatic rings. The number of aromatic carboxylic acids is 1. The van der Waals surface area contributed by atoms with Gasteiger partial charge >= 0.3 is 5.97 Å². The molecule has 5 nitrogen and oxygen atoms in total. The average Bonchev–Trinajstić information content (AvgIpc) is 2.53. The second kappa shape index (κ2) is 7.17. The van der Waals surface area contributed by atoms with Crippen LogP contribution in [0.15, 0.2) is 35.5 Å². The van der Waals surface area contributed by atoms with Crippen molar-refractivity contribution in [2.24, 2.45) is 0 Å². The van der Waals surface area contributed by atoms with Gasteiger partial charge in [0.2, 0.25) is 0 Å². The molecule has 0 amide bonds. The van der Waals surface area contributed by atoms with E-state index in [1.54, 1.807) is 32.5 Å². The van der Waals surface area contributed by atoms with Gasteiger partial charge in [-0.15, -0.1) is 11.8 Å². The maximum absolute atomic E-state index is 11.2. The van der Waals surface area contributed by atoms with Crippen molar-refractivity contribution in [3.8, 4) is 11.5 Å². The first-order chi connectivity index (χ1) is 10.6. The van der Waals surface area contributed by atoms with E-state index >= 15 is 0 Å². The number of aromatic nitrogens is 1. The normalized spacial score (nSPS) is 10.3. The summed E-state index contributed by atoms with van der Waals surface area (Å²) >= 11 is 1.37. The molecule has 0 saturated heterocycles. The summed E-state index contributed by atoms with van der Waals surface area (Å²) in [6, 6.07) is 6.96. The van der Waals surface area contributed by atoms with Crippen LogP contribution in [0.5, 0.6) is 11.5 Å². The maximum Gasteiger partial charge on any atom is 0.338 e. The number of pyridine rings is 1. The Balaban J connectivity index is 2.26. The third-order valence-corrected chi connectivity index (χ3v) is 4.28. The molecule has 22 heavy (non-hydrogen) atoms. The molecule has 0 bridgehead atoms. The molecule has 0 atom stereocenters. The molecule has 0 saturated carbocycles. The molecule has 1 N–H and O–H groups in total. The standard InChI is InChI=1S/C16H17NO4S/c1-10-13(20-2)7-6-11(14(10)21-3)9-22-15-12(16(18)19)5-4-8-17-15/h4-8H,9H2,1-3H3,(H,18,19). The van der Waals surface area contributed by atoms with E-state index < -0.39 is 5.97 Å². The van der Waals surface area contributed by atoms with Crippen molar-refractivity contribution < 1.29 is 19.4 Å². The summed E-state index contributed by atoms with van der Waals surface area (Å²) in [6.07, 6.45) is 1.59. The van der Waals surface area contributed by atoms with Crippen LogP contribution < -0.4 is 9.47 Å². The SMILES string of the molecule is COc1ccc(CSc2ncccc2C(=O)O)c(OC)c1C. The third kappa shape index (κ3) is 3.33. The molecule has 0 aliphatic carbocycles. The monoisotopic (exact) mass is 319 g/mol. The van der Waals surface area contributed by atoms with Gasteiger partial charge in [0.05, 0.1) is 19.8 Å². The Labute approximate surface area is 133 Å². The van der Waals surface area contributed by atoms with Crippen molar-refractivity contribution in [2.75, 3.05) is 14.2 Å². The van der Waals surface area contributed by atoms with Crippen molar-refractivity contribution in [1.82, 2.24) is 4.98 Å². The number of carboxylic acids is 1. The number of methoxy groups -OCH3 is 2. The Morgan fingerprint density at radius 3 is 2.68 bits per heavy atom. The second-order valence-corrected chi connectivity index (χ2v) is 5.50. The van der Waals surface area contributed by atoms with E-state index in [9.17, 15) is 9.90 Å². The van der Waals surface area contributed by atoms with Gasteiger partial charge in [0.15, 0.2) is 0 Å². The molecule has 2 rings (SSSR count). The van der Waals surface area contributed by atoms with Crippen molar-refractivity contribution in [1.29, 1.82) is 0 Å². The molecule has 0 aliphatic heterocycles. The van der Waals surface area contributed by atoms with Gasteiger partial charge in [-0.2, -0.15) is 0 Å². The van der Waals surface area contributed by atoms with E-state index in [2.05, 4.69) is 4.98 Å². The molecule has 0 fully saturated rings. The fourth-order valence-electron chi connectivity index (χ4n) is 2.16. The summed E-state index contributed by atoms with van der Waals surface area (Å²) in [5.41, 5.74) is 2.09. The quantitative estimate of drug-likeness (QED) is 0.823. The largest absolute Gasteiger partial charge is 0.496 e. The van der Waals surface area contributed by atoms with Crippen LogP contribution in [-0.2, 0) is 5.75 Å². The van der Waals surface area contributed by atoms with Gasteiger partial charge in [-0.3, -0.25) is 0 Å². The average molecular weight is 319 g/mol. The summed E-state index contributed by atoms with van der Waals surface area (Å²) in [5.74, 6) is 1.09. The lowest BCUT2D eigenvalue weighted by Crippen LogP contribution is -2.01. The number of nitrogens with zero attached hydrogens (tertiary/aromatic N) is 1. The van der Waals surface area contributed by atoms with Crippen LogP contribution in [0.4, 0.5) is 0 Å². The lowest BCUT2D eigenvalue weighted by molar-refractivity contribution is 0.0692. The van der Waals surface area contributed by atoms with Crippen molar-refractivity contribution in [3.05, 3.63) is 47.2 Å². The highest BCUT2D eigenvalue weighted by molar-refractivity contribution is 7.98. The van der Waals surface area contributed by atoms with E-state index in [-0.39, 0.29) is 5.56 Å². The molecule has 0 radical (unpaired) electrons. The third-order valence-electron chi connectivity index (χ3n) is 3.23. The number of carboxylic acid groups (broad SMARTS) is 1. The van der Waals surface area contributed by atoms with Crippen molar-refractivity contribution in [2.45, 2.75) is 17.7 Å². The lowest BCUT2D eigenvalue weighted by Gasteiger charge is -2.14. The highest BCUT2D eigenvalue weighted by Gasteiger charge is 2.14. The van der Waals surface area contributed by atoms with E-state index in [4.69, 9.17) is 9.47 Å². The van der Waals surface area contributed by atoms with Crippen LogP contribution in [-0.4, -0.2) is 30.3 Å². The van der Waals surface area contributed by atoms with Crippen LogP contribution in [0.3, 0.4) is 0 Å². The zero-order chi connectivity index (χ0) is 16.1.